The summed E-state index contributed by atoms with van der Waals surface area (Å²) in [6, 6.07) is 12.4. The van der Waals surface area contributed by atoms with Crippen molar-refractivity contribution in [3.8, 4) is 11.5 Å². The third-order valence-corrected chi connectivity index (χ3v) is 5.87. The first-order valence-corrected chi connectivity index (χ1v) is 10.5. The maximum absolute atomic E-state index is 12.7. The van der Waals surface area contributed by atoms with E-state index in [0.717, 1.165) is 5.56 Å². The van der Waals surface area contributed by atoms with E-state index in [1.165, 1.54) is 19.3 Å². The summed E-state index contributed by atoms with van der Waals surface area (Å²) < 4.78 is 16.2. The first-order valence-electron chi connectivity index (χ1n) is 10.5. The number of likely N-dealkylation sites (tertiary alicyclic amines) is 1. The fourth-order valence-electron chi connectivity index (χ4n) is 4.14. The summed E-state index contributed by atoms with van der Waals surface area (Å²) in [7, 11) is 3.09. The minimum atomic E-state index is -0.825. The van der Waals surface area contributed by atoms with Gasteiger partial charge in [0.05, 0.1) is 25.6 Å². The van der Waals surface area contributed by atoms with Crippen molar-refractivity contribution >= 4 is 29.3 Å². The summed E-state index contributed by atoms with van der Waals surface area (Å²) in [5.74, 6) is 0.469. The van der Waals surface area contributed by atoms with E-state index < -0.39 is 17.6 Å². The lowest BCUT2D eigenvalue weighted by Gasteiger charge is -2.44. The number of hydrogen-bond acceptors (Lipinski definition) is 6. The van der Waals surface area contributed by atoms with Crippen LogP contribution in [0.4, 0.5) is 16.2 Å². The quantitative estimate of drug-likeness (QED) is 0.676. The zero-order valence-electron chi connectivity index (χ0n) is 18.4. The molecule has 0 radical (unpaired) electrons. The van der Waals surface area contributed by atoms with Crippen molar-refractivity contribution in [2.45, 2.75) is 18.4 Å². The van der Waals surface area contributed by atoms with Crippen LogP contribution in [0.15, 0.2) is 54.6 Å². The number of fused-ring (bicyclic) bond motifs is 2. The minimum absolute atomic E-state index is 0.286. The second-order valence-electron chi connectivity index (χ2n) is 7.77. The van der Waals surface area contributed by atoms with E-state index in [9.17, 15) is 14.4 Å². The van der Waals surface area contributed by atoms with Crippen LogP contribution >= 0.6 is 0 Å². The van der Waals surface area contributed by atoms with Gasteiger partial charge in [0.25, 0.3) is 0 Å². The van der Waals surface area contributed by atoms with Gasteiger partial charge in [-0.1, -0.05) is 12.1 Å². The highest BCUT2D eigenvalue weighted by Gasteiger charge is 2.45. The molecule has 2 aromatic rings. The zero-order chi connectivity index (χ0) is 23.4. The lowest BCUT2D eigenvalue weighted by atomic mass is 9.82. The second-order valence-corrected chi connectivity index (χ2v) is 7.77. The number of methoxy groups -OCH3 is 2. The van der Waals surface area contributed by atoms with Crippen LogP contribution in [-0.4, -0.2) is 50.1 Å². The second kappa shape index (κ2) is 9.23. The van der Waals surface area contributed by atoms with Crippen LogP contribution in [0.1, 0.15) is 18.4 Å². The van der Waals surface area contributed by atoms with Crippen LogP contribution in [-0.2, 0) is 19.9 Å². The van der Waals surface area contributed by atoms with Crippen LogP contribution in [0.5, 0.6) is 11.5 Å². The first-order chi connectivity index (χ1) is 15.9. The smallest absolute Gasteiger partial charge is 0.412 e. The van der Waals surface area contributed by atoms with Crippen LogP contribution < -0.4 is 20.1 Å². The number of carbonyl (C=O) groups excluding carboxylic acids is 3. The number of amides is 3. The average molecular weight is 451 g/mol. The Balaban J connectivity index is 1.40. The summed E-state index contributed by atoms with van der Waals surface area (Å²) in [4.78, 5) is 38.7. The van der Waals surface area contributed by atoms with E-state index in [2.05, 4.69) is 10.6 Å². The van der Waals surface area contributed by atoms with Crippen LogP contribution in [0.2, 0.25) is 0 Å². The van der Waals surface area contributed by atoms with Crippen LogP contribution in [0.3, 0.4) is 0 Å². The molecule has 2 aromatic carbocycles. The zero-order valence-corrected chi connectivity index (χ0v) is 18.4. The van der Waals surface area contributed by atoms with Crippen LogP contribution in [0, 0.1) is 0 Å². The maximum atomic E-state index is 12.7. The van der Waals surface area contributed by atoms with Crippen molar-refractivity contribution in [1.82, 2.24) is 4.90 Å². The Hall–Kier alpha value is -4.01. The summed E-state index contributed by atoms with van der Waals surface area (Å²) in [5.41, 5.74) is 1.21. The van der Waals surface area contributed by atoms with Crippen molar-refractivity contribution in [2.75, 3.05) is 37.9 Å². The lowest BCUT2D eigenvalue weighted by Crippen LogP contribution is -2.49. The van der Waals surface area contributed by atoms with Gasteiger partial charge in [-0.2, -0.15) is 0 Å². The first kappa shape index (κ1) is 22.2. The molecule has 1 spiro atoms. The largest absolute Gasteiger partial charge is 0.497 e. The molecule has 9 nitrogen and oxygen atoms in total. The van der Waals surface area contributed by atoms with E-state index in [-0.39, 0.29) is 5.91 Å². The van der Waals surface area contributed by atoms with Gasteiger partial charge in [0, 0.05) is 43.6 Å². The van der Waals surface area contributed by atoms with Crippen molar-refractivity contribution in [3.05, 3.63) is 60.2 Å². The highest BCUT2D eigenvalue weighted by Crippen LogP contribution is 2.44. The van der Waals surface area contributed by atoms with Crippen LogP contribution in [0.25, 0.3) is 0 Å². The van der Waals surface area contributed by atoms with Gasteiger partial charge in [-0.25, -0.2) is 4.79 Å². The normalized spacial score (nSPS) is 16.5. The molecular formula is C24H25N3O6. The molecule has 0 bridgehead atoms. The molecule has 33 heavy (non-hydrogen) atoms. The number of nitrogens with zero attached hydrogens (tertiary/aromatic N) is 1. The van der Waals surface area contributed by atoms with E-state index in [0.29, 0.717) is 48.8 Å². The number of rotatable bonds is 5. The standard InChI is InChI=1S/C24H25N3O6/c1-31-16-7-8-18-17(15-16)24(33-23(30)26-18)11-13-27(14-12-24)22(29)10-9-21(28)25-19-5-3-4-6-20(19)32-2/h3-10,15H,11-14H2,1-2H3,(H,25,28)(H,26,30). The molecule has 0 aromatic heterocycles. The molecule has 2 heterocycles. The third kappa shape index (κ3) is 4.62. The Morgan fingerprint density at radius 1 is 1.09 bits per heavy atom. The Morgan fingerprint density at radius 2 is 1.85 bits per heavy atom. The molecular weight excluding hydrogens is 426 g/mol. The predicted molar refractivity (Wildman–Crippen MR) is 121 cm³/mol. The molecule has 1 saturated heterocycles. The van der Waals surface area contributed by atoms with Crippen molar-refractivity contribution in [2.24, 2.45) is 0 Å². The molecule has 9 heteroatoms. The molecule has 172 valence electrons. The average Bonchev–Trinajstić information content (AvgIpc) is 2.83. The fraction of sp³-hybridized carbons (Fsp3) is 0.292. The van der Waals surface area contributed by atoms with Gasteiger partial charge in [-0.15, -0.1) is 0 Å². The Labute approximate surface area is 191 Å². The molecule has 0 saturated carbocycles. The van der Waals surface area contributed by atoms with Gasteiger partial charge in [0.2, 0.25) is 11.8 Å². The van der Waals surface area contributed by atoms with Gasteiger partial charge in [0.1, 0.15) is 17.1 Å². The molecule has 0 aliphatic carbocycles. The number of ether oxygens (including phenoxy) is 3. The van der Waals surface area contributed by atoms with Crippen molar-refractivity contribution < 1.29 is 28.6 Å². The molecule has 2 aliphatic heterocycles. The van der Waals surface area contributed by atoms with Gasteiger partial charge in [0.15, 0.2) is 0 Å². The molecule has 0 atom stereocenters. The van der Waals surface area contributed by atoms with E-state index in [1.807, 2.05) is 6.07 Å². The maximum Gasteiger partial charge on any atom is 0.412 e. The topological polar surface area (TPSA) is 106 Å². The Morgan fingerprint density at radius 3 is 2.58 bits per heavy atom. The van der Waals surface area contributed by atoms with E-state index >= 15 is 0 Å². The van der Waals surface area contributed by atoms with Gasteiger partial charge >= 0.3 is 6.09 Å². The Bertz CT molecular complexity index is 1110. The number of anilines is 2. The monoisotopic (exact) mass is 451 g/mol. The molecule has 3 amide bonds. The molecule has 2 aliphatic rings. The molecule has 0 unspecified atom stereocenters. The third-order valence-electron chi connectivity index (χ3n) is 5.87. The van der Waals surface area contributed by atoms with Gasteiger partial charge in [-0.3, -0.25) is 14.9 Å². The SMILES string of the molecule is COc1ccc2c(c1)C1(CCN(C(=O)C=CC(=O)Nc3ccccc3OC)CC1)OC(=O)N2. The predicted octanol–water partition coefficient (Wildman–Crippen LogP) is 3.28. The van der Waals surface area contributed by atoms with E-state index in [4.69, 9.17) is 14.2 Å². The number of carbonyl (C=O) groups is 3. The highest BCUT2D eigenvalue weighted by atomic mass is 16.6. The van der Waals surface area contributed by atoms with Crippen molar-refractivity contribution in [3.63, 3.8) is 0 Å². The summed E-state index contributed by atoms with van der Waals surface area (Å²) in [5, 5.41) is 5.41. The fourth-order valence-corrected chi connectivity index (χ4v) is 4.14. The number of nitrogens with one attached hydrogen (secondary N) is 2. The number of para-hydroxylation sites is 2. The van der Waals surface area contributed by atoms with Gasteiger partial charge < -0.3 is 24.4 Å². The number of piperidine rings is 1. The highest BCUT2D eigenvalue weighted by molar-refractivity contribution is 6.04. The minimum Gasteiger partial charge on any atom is -0.497 e. The lowest BCUT2D eigenvalue weighted by molar-refractivity contribution is -0.130. The summed E-state index contributed by atoms with van der Waals surface area (Å²) in [6.45, 7) is 0.752. The number of benzene rings is 2. The summed E-state index contributed by atoms with van der Waals surface area (Å²) >= 11 is 0. The van der Waals surface area contributed by atoms with E-state index in [1.54, 1.807) is 48.4 Å². The van der Waals surface area contributed by atoms with Crippen molar-refractivity contribution in [1.29, 1.82) is 0 Å². The molecule has 4 rings (SSSR count). The van der Waals surface area contributed by atoms with Gasteiger partial charge in [-0.05, 0) is 30.3 Å². The molecule has 1 fully saturated rings. The summed E-state index contributed by atoms with van der Waals surface area (Å²) in [6.07, 6.45) is 2.81. The Kier molecular flexibility index (Phi) is 6.21. The number of hydrogen-bond donors (Lipinski definition) is 2. The molecule has 2 N–H and O–H groups in total.